The fourth-order valence-electron chi connectivity index (χ4n) is 1.58. The minimum Gasteiger partial charge on any atom is -0.463 e. The van der Waals surface area contributed by atoms with Crippen molar-refractivity contribution in [3.63, 3.8) is 0 Å². The molecule has 0 aliphatic heterocycles. The van der Waals surface area contributed by atoms with Crippen LogP contribution in [0.1, 0.15) is 26.3 Å². The molecule has 0 aliphatic rings. The predicted molar refractivity (Wildman–Crippen MR) is 86.9 cm³/mol. The van der Waals surface area contributed by atoms with E-state index in [1.54, 1.807) is 6.92 Å². The summed E-state index contributed by atoms with van der Waals surface area (Å²) in [5.74, 6) is -0.306. The van der Waals surface area contributed by atoms with Crippen LogP contribution in [0.25, 0.3) is 5.57 Å². The maximum Gasteiger partial charge on any atom is 0.330 e. The van der Waals surface area contributed by atoms with Crippen LogP contribution in [0.5, 0.6) is 0 Å². The van der Waals surface area contributed by atoms with Crippen molar-refractivity contribution in [2.24, 2.45) is 0 Å². The van der Waals surface area contributed by atoms with Gasteiger partial charge in [0.2, 0.25) is 0 Å². The van der Waals surface area contributed by atoms with Gasteiger partial charge in [0.25, 0.3) is 0 Å². The van der Waals surface area contributed by atoms with Crippen molar-refractivity contribution < 1.29 is 9.53 Å². The predicted octanol–water partition coefficient (Wildman–Crippen LogP) is 4.44. The van der Waals surface area contributed by atoms with E-state index in [1.165, 1.54) is 6.08 Å². The van der Waals surface area contributed by atoms with Crippen molar-refractivity contribution in [1.82, 2.24) is 0 Å². The molecule has 1 aromatic rings. The molecule has 0 atom stereocenters. The molecule has 0 amide bonds. The molecule has 0 N–H and O–H groups in total. The zero-order valence-corrected chi connectivity index (χ0v) is 13.0. The van der Waals surface area contributed by atoms with Gasteiger partial charge in [0, 0.05) is 11.0 Å². The van der Waals surface area contributed by atoms with Crippen LogP contribution >= 0.6 is 12.6 Å². The van der Waals surface area contributed by atoms with Crippen LogP contribution in [0.2, 0.25) is 0 Å². The third kappa shape index (κ3) is 5.93. The Bertz CT molecular complexity index is 537. The van der Waals surface area contributed by atoms with Crippen LogP contribution in [0.15, 0.2) is 59.0 Å². The van der Waals surface area contributed by atoms with Gasteiger partial charge in [-0.2, -0.15) is 0 Å². The minimum atomic E-state index is -0.306. The lowest BCUT2D eigenvalue weighted by Crippen LogP contribution is -1.99. The average Bonchev–Trinajstić information content (AvgIpc) is 2.39. The number of carbonyl (C=O) groups is 1. The topological polar surface area (TPSA) is 26.3 Å². The van der Waals surface area contributed by atoms with E-state index in [2.05, 4.69) is 12.6 Å². The van der Waals surface area contributed by atoms with Crippen molar-refractivity contribution in [3.05, 3.63) is 59.7 Å². The van der Waals surface area contributed by atoms with Gasteiger partial charge in [-0.15, -0.1) is 12.6 Å². The van der Waals surface area contributed by atoms with E-state index in [0.29, 0.717) is 6.61 Å². The second kappa shape index (κ2) is 8.43. The smallest absolute Gasteiger partial charge is 0.330 e. The van der Waals surface area contributed by atoms with Crippen molar-refractivity contribution >= 4 is 24.2 Å². The van der Waals surface area contributed by atoms with Crippen molar-refractivity contribution in [2.45, 2.75) is 25.7 Å². The number of thiol groups is 1. The quantitative estimate of drug-likeness (QED) is 0.375. The lowest BCUT2D eigenvalue weighted by atomic mass is 10.1. The van der Waals surface area contributed by atoms with Gasteiger partial charge in [0.1, 0.15) is 0 Å². The first-order valence-corrected chi connectivity index (χ1v) is 6.97. The molecular weight excluding hydrogens is 268 g/mol. The largest absolute Gasteiger partial charge is 0.463 e. The molecule has 0 heterocycles. The first-order chi connectivity index (χ1) is 9.52. The summed E-state index contributed by atoms with van der Waals surface area (Å²) in [5, 5.41) is 0. The molecule has 0 saturated carbocycles. The SMILES string of the molecule is CCOC(=O)/C=C(C)/C=C/C=C(/C)c1ccc(S)cc1. The van der Waals surface area contributed by atoms with Crippen molar-refractivity contribution in [1.29, 1.82) is 0 Å². The normalized spacial score (nSPS) is 12.8. The average molecular weight is 288 g/mol. The number of benzene rings is 1. The number of esters is 1. The highest BCUT2D eigenvalue weighted by Gasteiger charge is 1.95. The molecule has 1 rings (SSSR count). The van der Waals surface area contributed by atoms with Crippen molar-refractivity contribution in [3.8, 4) is 0 Å². The second-order valence-corrected chi connectivity index (χ2v) is 4.91. The van der Waals surface area contributed by atoms with Crippen LogP contribution in [0.4, 0.5) is 0 Å². The summed E-state index contributed by atoms with van der Waals surface area (Å²) in [7, 11) is 0. The molecule has 0 bridgehead atoms. The fraction of sp³-hybridized carbons (Fsp3) is 0.235. The number of ether oxygens (including phenoxy) is 1. The Hall–Kier alpha value is -1.74. The lowest BCUT2D eigenvalue weighted by molar-refractivity contribution is -0.137. The van der Waals surface area contributed by atoms with E-state index in [9.17, 15) is 4.79 Å². The third-order valence-electron chi connectivity index (χ3n) is 2.66. The first kappa shape index (κ1) is 16.3. The summed E-state index contributed by atoms with van der Waals surface area (Å²) >= 11 is 4.26. The van der Waals surface area contributed by atoms with Gasteiger partial charge in [-0.05, 0) is 49.6 Å². The summed E-state index contributed by atoms with van der Waals surface area (Å²) < 4.78 is 4.85. The Labute approximate surface area is 126 Å². The molecule has 2 nitrogen and oxygen atoms in total. The van der Waals surface area contributed by atoms with Crippen LogP contribution in [0, 0.1) is 0 Å². The van der Waals surface area contributed by atoms with Crippen LogP contribution in [0.3, 0.4) is 0 Å². The second-order valence-electron chi connectivity index (χ2n) is 4.40. The van der Waals surface area contributed by atoms with E-state index >= 15 is 0 Å². The molecule has 0 spiro atoms. The Morgan fingerprint density at radius 3 is 2.50 bits per heavy atom. The van der Waals surface area contributed by atoms with E-state index in [4.69, 9.17) is 4.74 Å². The molecule has 0 radical (unpaired) electrons. The monoisotopic (exact) mass is 288 g/mol. The minimum absolute atomic E-state index is 0.306. The van der Waals surface area contributed by atoms with Crippen LogP contribution < -0.4 is 0 Å². The van der Waals surface area contributed by atoms with Gasteiger partial charge in [-0.3, -0.25) is 0 Å². The van der Waals surface area contributed by atoms with Crippen LogP contribution in [-0.4, -0.2) is 12.6 Å². The van der Waals surface area contributed by atoms with Crippen LogP contribution in [-0.2, 0) is 9.53 Å². The summed E-state index contributed by atoms with van der Waals surface area (Å²) in [6.45, 7) is 6.10. The molecule has 1 aromatic carbocycles. The Morgan fingerprint density at radius 1 is 1.25 bits per heavy atom. The summed E-state index contributed by atoms with van der Waals surface area (Å²) in [5.41, 5.74) is 3.16. The van der Waals surface area contributed by atoms with E-state index in [-0.39, 0.29) is 5.97 Å². The lowest BCUT2D eigenvalue weighted by Gasteiger charge is -2.00. The van der Waals surface area contributed by atoms with Gasteiger partial charge in [0.05, 0.1) is 6.61 Å². The van der Waals surface area contributed by atoms with E-state index in [0.717, 1.165) is 21.6 Å². The van der Waals surface area contributed by atoms with Crippen molar-refractivity contribution in [2.75, 3.05) is 6.61 Å². The molecule has 0 aromatic heterocycles. The number of allylic oxidation sites excluding steroid dienone is 5. The maximum atomic E-state index is 11.2. The van der Waals surface area contributed by atoms with Gasteiger partial charge >= 0.3 is 5.97 Å². The number of carbonyl (C=O) groups excluding carboxylic acids is 1. The van der Waals surface area contributed by atoms with Gasteiger partial charge in [0.15, 0.2) is 0 Å². The molecule has 0 unspecified atom stereocenters. The highest BCUT2D eigenvalue weighted by Crippen LogP contribution is 2.16. The number of hydrogen-bond acceptors (Lipinski definition) is 3. The van der Waals surface area contributed by atoms with E-state index < -0.39 is 0 Å². The fourth-order valence-corrected chi connectivity index (χ4v) is 1.73. The molecule has 0 fully saturated rings. The molecule has 0 aliphatic carbocycles. The van der Waals surface area contributed by atoms with Gasteiger partial charge in [-0.25, -0.2) is 4.79 Å². The molecule has 106 valence electrons. The summed E-state index contributed by atoms with van der Waals surface area (Å²) in [4.78, 5) is 12.2. The summed E-state index contributed by atoms with van der Waals surface area (Å²) in [6, 6.07) is 7.99. The zero-order chi connectivity index (χ0) is 15.0. The number of rotatable bonds is 5. The molecule has 3 heteroatoms. The Kier molecular flexibility index (Phi) is 6.88. The standard InChI is InChI=1S/C17H20O2S/c1-4-19-17(18)12-13(2)6-5-7-14(3)15-8-10-16(20)11-9-15/h5-12,20H,4H2,1-3H3/b6-5+,13-12+,14-7-. The maximum absolute atomic E-state index is 11.2. The Morgan fingerprint density at radius 2 is 1.90 bits per heavy atom. The van der Waals surface area contributed by atoms with Gasteiger partial charge in [-0.1, -0.05) is 30.4 Å². The molecule has 0 saturated heterocycles. The highest BCUT2D eigenvalue weighted by molar-refractivity contribution is 7.80. The molecular formula is C17H20O2S. The van der Waals surface area contributed by atoms with Gasteiger partial charge < -0.3 is 4.74 Å². The first-order valence-electron chi connectivity index (χ1n) is 6.52. The zero-order valence-electron chi connectivity index (χ0n) is 12.1. The Balaban J connectivity index is 2.68. The molecule has 20 heavy (non-hydrogen) atoms. The third-order valence-corrected chi connectivity index (χ3v) is 2.96. The highest BCUT2D eigenvalue weighted by atomic mass is 32.1. The summed E-state index contributed by atoms with van der Waals surface area (Å²) in [6.07, 6.45) is 7.30. The van der Waals surface area contributed by atoms with E-state index in [1.807, 2.05) is 56.3 Å². The number of hydrogen-bond donors (Lipinski definition) is 1.